The van der Waals surface area contributed by atoms with Crippen LogP contribution in [0.5, 0.6) is 5.75 Å². The molecular weight excluding hydrogens is 375 g/mol. The van der Waals surface area contributed by atoms with Gasteiger partial charge in [0.25, 0.3) is 9.05 Å². The number of hydrogen-bond donors (Lipinski definition) is 0. The first kappa shape index (κ1) is 18.1. The van der Waals surface area contributed by atoms with Crippen molar-refractivity contribution in [2.24, 2.45) is 0 Å². The first-order valence-electron chi connectivity index (χ1n) is 4.63. The van der Waals surface area contributed by atoms with Crippen molar-refractivity contribution in [1.82, 2.24) is 4.98 Å². The Hall–Kier alpha value is -0.940. The Morgan fingerprint density at radius 3 is 2.05 bits per heavy atom. The van der Waals surface area contributed by atoms with Crippen molar-refractivity contribution >= 4 is 31.3 Å². The van der Waals surface area contributed by atoms with Crippen LogP contribution in [0, 0.1) is 0 Å². The molecule has 21 heavy (non-hydrogen) atoms. The van der Waals surface area contributed by atoms with E-state index in [9.17, 15) is 34.8 Å². The predicted molar refractivity (Wildman–Crippen MR) is 58.5 cm³/mol. The van der Waals surface area contributed by atoms with E-state index in [2.05, 4.69) is 9.72 Å². The molecule has 0 atom stereocenters. The van der Waals surface area contributed by atoms with E-state index in [0.29, 0.717) is 0 Å². The molecule has 0 fully saturated rings. The standard InChI is InChI=1S/C8H3Cl2F6NO3S/c9-1-3-5(7(11,12)13)4(20-8(14,15)16)2-17-6(3)21(10,18)19/h2H,1H2. The Morgan fingerprint density at radius 2 is 1.71 bits per heavy atom. The Morgan fingerprint density at radius 1 is 1.19 bits per heavy atom. The number of aromatic nitrogens is 1. The van der Waals surface area contributed by atoms with Gasteiger partial charge in [-0.05, 0) is 0 Å². The highest BCUT2D eigenvalue weighted by molar-refractivity contribution is 8.13. The summed E-state index contributed by atoms with van der Waals surface area (Å²) < 4.78 is 100. The average molecular weight is 378 g/mol. The molecular formula is C8H3Cl2F6NO3S. The highest BCUT2D eigenvalue weighted by atomic mass is 35.7. The first-order chi connectivity index (χ1) is 9.27. The Kier molecular flexibility index (Phi) is 4.91. The molecule has 0 amide bonds. The van der Waals surface area contributed by atoms with E-state index < -0.39 is 49.4 Å². The maximum absolute atomic E-state index is 12.9. The topological polar surface area (TPSA) is 56.3 Å². The Balaban J connectivity index is 3.71. The fourth-order valence-electron chi connectivity index (χ4n) is 1.36. The van der Waals surface area contributed by atoms with Gasteiger partial charge in [0.15, 0.2) is 10.8 Å². The second kappa shape index (κ2) is 5.69. The van der Waals surface area contributed by atoms with E-state index in [4.69, 9.17) is 22.3 Å². The summed E-state index contributed by atoms with van der Waals surface area (Å²) >= 11 is 5.19. The van der Waals surface area contributed by atoms with Gasteiger partial charge < -0.3 is 4.74 Å². The van der Waals surface area contributed by atoms with Gasteiger partial charge in [0.2, 0.25) is 0 Å². The minimum atomic E-state index is -5.44. The molecule has 0 unspecified atom stereocenters. The molecule has 0 aliphatic heterocycles. The van der Waals surface area contributed by atoms with Gasteiger partial charge in [0.1, 0.15) is 5.56 Å². The number of nitrogens with zero attached hydrogens (tertiary/aromatic N) is 1. The molecule has 0 spiro atoms. The normalized spacial score (nSPS) is 13.3. The largest absolute Gasteiger partial charge is 0.573 e. The Bertz CT molecular complexity index is 643. The van der Waals surface area contributed by atoms with E-state index in [0.717, 1.165) is 0 Å². The van der Waals surface area contributed by atoms with Gasteiger partial charge in [-0.2, -0.15) is 13.2 Å². The smallest absolute Gasteiger partial charge is 0.403 e. The number of ether oxygens (including phenoxy) is 1. The van der Waals surface area contributed by atoms with E-state index in [-0.39, 0.29) is 6.20 Å². The molecule has 0 bridgehead atoms. The van der Waals surface area contributed by atoms with Crippen LogP contribution in [-0.4, -0.2) is 19.8 Å². The van der Waals surface area contributed by atoms with E-state index in [1.165, 1.54) is 0 Å². The first-order valence-corrected chi connectivity index (χ1v) is 7.47. The van der Waals surface area contributed by atoms with Crippen LogP contribution in [0.3, 0.4) is 0 Å². The van der Waals surface area contributed by atoms with Gasteiger partial charge in [0, 0.05) is 16.2 Å². The molecule has 13 heteroatoms. The van der Waals surface area contributed by atoms with Gasteiger partial charge in [-0.1, -0.05) is 0 Å². The molecule has 0 aromatic carbocycles. The van der Waals surface area contributed by atoms with Crippen molar-refractivity contribution in [1.29, 1.82) is 0 Å². The minimum absolute atomic E-state index is 0.0401. The number of pyridine rings is 1. The SMILES string of the molecule is O=S(=O)(Cl)c1ncc(OC(F)(F)F)c(C(F)(F)F)c1CCl. The third-order valence-corrected chi connectivity index (χ3v) is 3.50. The fourth-order valence-corrected chi connectivity index (χ4v) is 2.75. The van der Waals surface area contributed by atoms with E-state index >= 15 is 0 Å². The molecule has 0 saturated carbocycles. The number of alkyl halides is 7. The summed E-state index contributed by atoms with van der Waals surface area (Å²) in [6, 6.07) is 0. The molecule has 1 aromatic heterocycles. The molecule has 0 N–H and O–H groups in total. The molecule has 1 aromatic rings. The van der Waals surface area contributed by atoms with Gasteiger partial charge >= 0.3 is 12.5 Å². The average Bonchev–Trinajstić information content (AvgIpc) is 2.22. The van der Waals surface area contributed by atoms with Crippen LogP contribution in [-0.2, 0) is 21.1 Å². The molecule has 1 rings (SSSR count). The van der Waals surface area contributed by atoms with Crippen LogP contribution in [0.2, 0.25) is 0 Å². The molecule has 0 aliphatic carbocycles. The van der Waals surface area contributed by atoms with Crippen LogP contribution < -0.4 is 4.74 Å². The summed E-state index contributed by atoms with van der Waals surface area (Å²) in [5, 5.41) is -1.29. The van der Waals surface area contributed by atoms with E-state index in [1.807, 2.05) is 0 Å². The van der Waals surface area contributed by atoms with Crippen molar-refractivity contribution < 1.29 is 39.5 Å². The van der Waals surface area contributed by atoms with Crippen molar-refractivity contribution in [3.05, 3.63) is 17.3 Å². The zero-order chi connectivity index (χ0) is 16.6. The van der Waals surface area contributed by atoms with Crippen LogP contribution >= 0.6 is 22.3 Å². The van der Waals surface area contributed by atoms with Crippen LogP contribution in [0.4, 0.5) is 26.3 Å². The summed E-state index contributed by atoms with van der Waals surface area (Å²) in [7, 11) is 0.122. The lowest BCUT2D eigenvalue weighted by Crippen LogP contribution is -2.22. The second-order valence-electron chi connectivity index (χ2n) is 3.40. The maximum atomic E-state index is 12.9. The molecule has 0 radical (unpaired) electrons. The van der Waals surface area contributed by atoms with Gasteiger partial charge in [0.05, 0.1) is 12.1 Å². The zero-order valence-corrected chi connectivity index (χ0v) is 11.7. The second-order valence-corrected chi connectivity index (χ2v) is 6.15. The monoisotopic (exact) mass is 377 g/mol. The summed E-state index contributed by atoms with van der Waals surface area (Å²) in [5.74, 6) is -2.83. The zero-order valence-electron chi connectivity index (χ0n) is 9.39. The molecule has 120 valence electrons. The van der Waals surface area contributed by atoms with Crippen LogP contribution in [0.15, 0.2) is 11.2 Å². The van der Waals surface area contributed by atoms with Gasteiger partial charge in [-0.25, -0.2) is 13.4 Å². The maximum Gasteiger partial charge on any atom is 0.573 e. The van der Waals surface area contributed by atoms with Crippen molar-refractivity contribution in [2.45, 2.75) is 23.4 Å². The molecule has 1 heterocycles. The summed E-state index contributed by atoms with van der Waals surface area (Å²) in [5.41, 5.74) is -3.25. The minimum Gasteiger partial charge on any atom is -0.403 e. The highest BCUT2D eigenvalue weighted by Crippen LogP contribution is 2.42. The lowest BCUT2D eigenvalue weighted by molar-refractivity contribution is -0.276. The fraction of sp³-hybridized carbons (Fsp3) is 0.375. The summed E-state index contributed by atoms with van der Waals surface area (Å²) in [6.45, 7) is 0. The van der Waals surface area contributed by atoms with Crippen molar-refractivity contribution in [3.8, 4) is 5.75 Å². The third-order valence-electron chi connectivity index (χ3n) is 1.98. The van der Waals surface area contributed by atoms with Crippen LogP contribution in [0.1, 0.15) is 11.1 Å². The van der Waals surface area contributed by atoms with Crippen molar-refractivity contribution in [3.63, 3.8) is 0 Å². The van der Waals surface area contributed by atoms with Gasteiger partial charge in [-0.15, -0.1) is 24.8 Å². The Labute approximate surface area is 123 Å². The highest BCUT2D eigenvalue weighted by Gasteiger charge is 2.43. The quantitative estimate of drug-likeness (QED) is 0.458. The summed E-state index contributed by atoms with van der Waals surface area (Å²) in [4.78, 5) is 2.95. The number of hydrogen-bond acceptors (Lipinski definition) is 4. The number of halogens is 8. The summed E-state index contributed by atoms with van der Waals surface area (Å²) in [6.07, 6.45) is -10.8. The lowest BCUT2D eigenvalue weighted by Gasteiger charge is -2.18. The van der Waals surface area contributed by atoms with Crippen molar-refractivity contribution in [2.75, 3.05) is 0 Å². The number of rotatable bonds is 3. The molecule has 4 nitrogen and oxygen atoms in total. The third kappa shape index (κ3) is 4.51. The lowest BCUT2D eigenvalue weighted by atomic mass is 10.1. The molecule has 0 saturated heterocycles. The molecule has 0 aliphatic rings. The van der Waals surface area contributed by atoms with E-state index in [1.54, 1.807) is 0 Å². The van der Waals surface area contributed by atoms with Crippen LogP contribution in [0.25, 0.3) is 0 Å². The van der Waals surface area contributed by atoms with Gasteiger partial charge in [-0.3, -0.25) is 0 Å². The predicted octanol–water partition coefficient (Wildman–Crippen LogP) is 3.67.